The molecule has 0 spiro atoms. The third-order valence-electron chi connectivity index (χ3n) is 14.9. The van der Waals surface area contributed by atoms with Gasteiger partial charge in [0.1, 0.15) is 13.2 Å². The summed E-state index contributed by atoms with van der Waals surface area (Å²) in [6.07, 6.45) is 88.8. The largest absolute Gasteiger partial charge is 0.462 e. The summed E-state index contributed by atoms with van der Waals surface area (Å²) in [6.45, 7) is 6.55. The lowest BCUT2D eigenvalue weighted by Gasteiger charge is -2.18. The van der Waals surface area contributed by atoms with Gasteiger partial charge in [-0.25, -0.2) is 0 Å². The highest BCUT2D eigenvalue weighted by Gasteiger charge is 2.19. The molecule has 0 rings (SSSR count). The molecule has 0 bridgehead atoms. The van der Waals surface area contributed by atoms with Gasteiger partial charge in [0.05, 0.1) is 0 Å². The SMILES string of the molecule is CC/C=C\C/C=C\C/C=C\C/C=C\C/C=C\CCCCCCCCCCCCCCCC(=O)OCC(COC(=O)CCCCCCCCCCCCCCCC)OC(=O)CCCCCCCCC/C=C\C/C=C\CCCCCC. The molecule has 0 saturated carbocycles. The zero-order chi connectivity index (χ0) is 57.1. The molecule has 0 aliphatic rings. The van der Waals surface area contributed by atoms with E-state index in [1.807, 2.05) is 0 Å². The van der Waals surface area contributed by atoms with Gasteiger partial charge in [0.25, 0.3) is 0 Å². The summed E-state index contributed by atoms with van der Waals surface area (Å²) >= 11 is 0. The van der Waals surface area contributed by atoms with E-state index in [9.17, 15) is 14.4 Å². The van der Waals surface area contributed by atoms with Gasteiger partial charge < -0.3 is 14.2 Å². The van der Waals surface area contributed by atoms with E-state index in [-0.39, 0.29) is 31.1 Å². The molecule has 0 amide bonds. The summed E-state index contributed by atoms with van der Waals surface area (Å²) in [6, 6.07) is 0. The average Bonchev–Trinajstić information content (AvgIpc) is 3.45. The molecule has 0 aromatic rings. The van der Waals surface area contributed by atoms with Gasteiger partial charge in [-0.2, -0.15) is 0 Å². The lowest BCUT2D eigenvalue weighted by atomic mass is 10.0. The maximum atomic E-state index is 12.9. The second-order valence-electron chi connectivity index (χ2n) is 22.7. The highest BCUT2D eigenvalue weighted by molar-refractivity contribution is 5.71. The lowest BCUT2D eigenvalue weighted by molar-refractivity contribution is -0.167. The third kappa shape index (κ3) is 65.3. The predicted molar refractivity (Wildman–Crippen MR) is 344 cm³/mol. The van der Waals surface area contributed by atoms with Crippen LogP contribution in [0.15, 0.2) is 85.1 Å². The highest BCUT2D eigenvalue weighted by atomic mass is 16.6. The number of hydrogen-bond acceptors (Lipinski definition) is 6. The number of allylic oxidation sites excluding steroid dienone is 14. The second kappa shape index (κ2) is 67.1. The van der Waals surface area contributed by atoms with Gasteiger partial charge in [0, 0.05) is 19.3 Å². The molecule has 456 valence electrons. The van der Waals surface area contributed by atoms with E-state index < -0.39 is 6.10 Å². The number of esters is 3. The fourth-order valence-corrected chi connectivity index (χ4v) is 9.80. The summed E-state index contributed by atoms with van der Waals surface area (Å²) in [7, 11) is 0. The number of ether oxygens (including phenoxy) is 3. The molecule has 79 heavy (non-hydrogen) atoms. The van der Waals surface area contributed by atoms with Crippen molar-refractivity contribution in [2.24, 2.45) is 0 Å². The molecule has 6 nitrogen and oxygen atoms in total. The van der Waals surface area contributed by atoms with E-state index in [0.717, 1.165) is 103 Å². The Morgan fingerprint density at radius 3 is 0.785 bits per heavy atom. The molecule has 1 atom stereocenters. The molecular formula is C73H128O6. The van der Waals surface area contributed by atoms with Crippen LogP contribution in [0.5, 0.6) is 0 Å². The number of carbonyl (C=O) groups is 3. The molecule has 6 heteroatoms. The Balaban J connectivity index is 4.27. The minimum atomic E-state index is -0.780. The van der Waals surface area contributed by atoms with Gasteiger partial charge in [-0.3, -0.25) is 14.4 Å². The minimum absolute atomic E-state index is 0.0755. The highest BCUT2D eigenvalue weighted by Crippen LogP contribution is 2.17. The normalized spacial score (nSPS) is 12.6. The molecule has 0 aliphatic carbocycles. The van der Waals surface area contributed by atoms with Crippen molar-refractivity contribution in [1.82, 2.24) is 0 Å². The van der Waals surface area contributed by atoms with Crippen LogP contribution in [0.2, 0.25) is 0 Å². The molecule has 0 aromatic carbocycles. The standard InChI is InChI=1S/C73H128O6/c1-4-7-10-13-16-19-22-25-28-30-32-33-34-35-36-37-38-39-40-41-42-44-45-48-51-54-57-60-63-66-72(75)78-69-70(68-77-71(74)65-62-59-56-53-50-47-27-24-21-18-15-12-9-6-3)79-73(76)67-64-61-58-55-52-49-46-43-31-29-26-23-20-17-14-11-8-5-2/h7,10,16,19-20,23,25,28-29,31-33,35-36,70H,4-6,8-9,11-15,17-18,21-22,24,26-27,30,34,37-69H2,1-3H3/b10-7-,19-16-,23-20-,28-25-,31-29-,33-32-,36-35-. The first kappa shape index (κ1) is 75.6. The molecule has 1 unspecified atom stereocenters. The lowest BCUT2D eigenvalue weighted by Crippen LogP contribution is -2.30. The predicted octanol–water partition coefficient (Wildman–Crippen LogP) is 23.4. The summed E-state index contributed by atoms with van der Waals surface area (Å²) in [4.78, 5) is 38.4. The van der Waals surface area contributed by atoms with E-state index in [1.54, 1.807) is 0 Å². The van der Waals surface area contributed by atoms with Crippen molar-refractivity contribution in [3.8, 4) is 0 Å². The molecule has 0 aliphatic heterocycles. The minimum Gasteiger partial charge on any atom is -0.462 e. The Bertz CT molecular complexity index is 1500. The van der Waals surface area contributed by atoms with Gasteiger partial charge in [0.15, 0.2) is 6.10 Å². The van der Waals surface area contributed by atoms with E-state index in [4.69, 9.17) is 14.2 Å². The van der Waals surface area contributed by atoms with Gasteiger partial charge in [-0.15, -0.1) is 0 Å². The fourth-order valence-electron chi connectivity index (χ4n) is 9.80. The number of hydrogen-bond donors (Lipinski definition) is 0. The molecule has 0 radical (unpaired) electrons. The number of rotatable bonds is 62. The molecule has 0 fully saturated rings. The number of unbranched alkanes of at least 4 members (excludes halogenated alkanes) is 37. The van der Waals surface area contributed by atoms with Gasteiger partial charge in [-0.1, -0.05) is 311 Å². The molecular weight excluding hydrogens is 973 g/mol. The van der Waals surface area contributed by atoms with E-state index in [0.29, 0.717) is 19.3 Å². The molecule has 0 N–H and O–H groups in total. The average molecular weight is 1100 g/mol. The van der Waals surface area contributed by atoms with E-state index in [1.165, 1.54) is 199 Å². The first-order valence-corrected chi connectivity index (χ1v) is 34.1. The van der Waals surface area contributed by atoms with Crippen LogP contribution in [0.4, 0.5) is 0 Å². The summed E-state index contributed by atoms with van der Waals surface area (Å²) < 4.78 is 17.0. The van der Waals surface area contributed by atoms with Crippen molar-refractivity contribution in [1.29, 1.82) is 0 Å². The molecule has 0 saturated heterocycles. The maximum Gasteiger partial charge on any atom is 0.306 e. The van der Waals surface area contributed by atoms with Crippen LogP contribution in [0.25, 0.3) is 0 Å². The Hall–Kier alpha value is -3.41. The third-order valence-corrected chi connectivity index (χ3v) is 14.9. The summed E-state index contributed by atoms with van der Waals surface area (Å²) in [5.74, 6) is -0.867. The van der Waals surface area contributed by atoms with Crippen LogP contribution in [0, 0.1) is 0 Å². The van der Waals surface area contributed by atoms with Crippen LogP contribution >= 0.6 is 0 Å². The van der Waals surface area contributed by atoms with Crippen molar-refractivity contribution in [2.45, 2.75) is 348 Å². The first-order chi connectivity index (χ1) is 39.0. The topological polar surface area (TPSA) is 78.9 Å². The fraction of sp³-hybridized carbons (Fsp3) is 0.767. The van der Waals surface area contributed by atoms with Crippen LogP contribution in [-0.4, -0.2) is 37.2 Å². The van der Waals surface area contributed by atoms with Crippen LogP contribution in [0.1, 0.15) is 342 Å². The Morgan fingerprint density at radius 2 is 0.494 bits per heavy atom. The van der Waals surface area contributed by atoms with Gasteiger partial charge in [-0.05, 0) is 96.3 Å². The van der Waals surface area contributed by atoms with Crippen LogP contribution < -0.4 is 0 Å². The monoisotopic (exact) mass is 1100 g/mol. The van der Waals surface area contributed by atoms with Gasteiger partial charge >= 0.3 is 17.9 Å². The van der Waals surface area contributed by atoms with Crippen molar-refractivity contribution in [3.63, 3.8) is 0 Å². The quantitative estimate of drug-likeness (QED) is 0.0261. The van der Waals surface area contributed by atoms with Crippen molar-refractivity contribution >= 4 is 17.9 Å². The summed E-state index contributed by atoms with van der Waals surface area (Å²) in [5.41, 5.74) is 0. The van der Waals surface area contributed by atoms with Crippen LogP contribution in [0.3, 0.4) is 0 Å². The van der Waals surface area contributed by atoms with Crippen LogP contribution in [-0.2, 0) is 28.6 Å². The maximum absolute atomic E-state index is 12.9. The van der Waals surface area contributed by atoms with E-state index >= 15 is 0 Å². The number of carbonyl (C=O) groups excluding carboxylic acids is 3. The van der Waals surface area contributed by atoms with Crippen molar-refractivity contribution in [2.75, 3.05) is 13.2 Å². The molecule has 0 heterocycles. The zero-order valence-electron chi connectivity index (χ0n) is 52.4. The van der Waals surface area contributed by atoms with E-state index in [2.05, 4.69) is 106 Å². The first-order valence-electron chi connectivity index (χ1n) is 34.1. The van der Waals surface area contributed by atoms with Gasteiger partial charge in [0.2, 0.25) is 0 Å². The van der Waals surface area contributed by atoms with Crippen molar-refractivity contribution < 1.29 is 28.6 Å². The summed E-state index contributed by atoms with van der Waals surface area (Å²) in [5, 5.41) is 0. The molecule has 0 aromatic heterocycles. The Kier molecular flexibility index (Phi) is 64.2. The second-order valence-corrected chi connectivity index (χ2v) is 22.7. The van der Waals surface area contributed by atoms with Crippen molar-refractivity contribution in [3.05, 3.63) is 85.1 Å². The Labute approximate surface area is 490 Å². The smallest absolute Gasteiger partial charge is 0.306 e. The Morgan fingerprint density at radius 1 is 0.266 bits per heavy atom. The zero-order valence-corrected chi connectivity index (χ0v) is 52.4.